The zero-order chi connectivity index (χ0) is 15.6. The van der Waals surface area contributed by atoms with Crippen LogP contribution >= 0.6 is 0 Å². The predicted molar refractivity (Wildman–Crippen MR) is 79.0 cm³/mol. The molecular formula is C16H11ClF3N2O. The first-order valence-corrected chi connectivity index (χ1v) is 6.48. The molecule has 3 rings (SSSR count). The summed E-state index contributed by atoms with van der Waals surface area (Å²) in [7, 11) is 0. The van der Waals surface area contributed by atoms with Gasteiger partial charge < -0.3 is 17.1 Å². The van der Waals surface area contributed by atoms with Crippen LogP contribution in [0.3, 0.4) is 0 Å². The Kier molecular flexibility index (Phi) is 4.95. The van der Waals surface area contributed by atoms with Gasteiger partial charge in [0.15, 0.2) is 5.69 Å². The fraction of sp³-hybridized carbons (Fsp3) is 0.0625. The molecule has 0 unspecified atom stereocenters. The highest BCUT2D eigenvalue weighted by Crippen LogP contribution is 2.24. The number of fused-ring (bicyclic) bond motifs is 1. The molecule has 1 N–H and O–H groups in total. The number of rotatable bonds is 2. The maximum absolute atomic E-state index is 12.1. The van der Waals surface area contributed by atoms with Gasteiger partial charge in [0, 0.05) is 11.6 Å². The first-order chi connectivity index (χ1) is 10.5. The average molecular weight is 340 g/mol. The molecule has 1 radical (unpaired) electrons. The van der Waals surface area contributed by atoms with Crippen LogP contribution in [0.25, 0.3) is 6.08 Å². The summed E-state index contributed by atoms with van der Waals surface area (Å²) in [6.45, 7) is 0. The van der Waals surface area contributed by atoms with Crippen LogP contribution in [0.4, 0.5) is 24.5 Å². The van der Waals surface area contributed by atoms with Gasteiger partial charge in [-0.15, -0.1) is 13.2 Å². The molecule has 0 saturated heterocycles. The zero-order valence-corrected chi connectivity index (χ0v) is 12.4. The standard InChI is InChI=1S/C16H11F3N2O.ClH/c17-16(18,19)22-13-8-6-12(7-9-13)20-15-10-5-11-3-1-2-4-14(11)21-15;/h1-10,20H;1H/q+1;/p-1. The van der Waals surface area contributed by atoms with Gasteiger partial charge in [0.05, 0.1) is 0 Å². The summed E-state index contributed by atoms with van der Waals surface area (Å²) in [5.74, 6) is 0.354. The van der Waals surface area contributed by atoms with Crippen molar-refractivity contribution in [3.8, 4) is 5.75 Å². The molecule has 0 bridgehead atoms. The van der Waals surface area contributed by atoms with Gasteiger partial charge in [0.1, 0.15) is 11.4 Å². The van der Waals surface area contributed by atoms with E-state index in [1.807, 2.05) is 36.4 Å². The molecule has 7 heteroatoms. The zero-order valence-electron chi connectivity index (χ0n) is 11.6. The highest BCUT2D eigenvalue weighted by Gasteiger charge is 2.31. The van der Waals surface area contributed by atoms with Crippen molar-refractivity contribution in [2.45, 2.75) is 6.36 Å². The second-order valence-corrected chi connectivity index (χ2v) is 4.59. The van der Waals surface area contributed by atoms with E-state index in [9.17, 15) is 13.2 Å². The van der Waals surface area contributed by atoms with E-state index < -0.39 is 6.36 Å². The topological polar surface area (TPSA) is 35.4 Å². The number of para-hydroxylation sites is 1. The summed E-state index contributed by atoms with van der Waals surface area (Å²) in [6.07, 6.45) is -0.955. The van der Waals surface area contributed by atoms with E-state index >= 15 is 0 Å². The summed E-state index contributed by atoms with van der Waals surface area (Å²) < 4.78 is 40.1. The van der Waals surface area contributed by atoms with Crippen LogP contribution in [-0.4, -0.2) is 12.2 Å². The Morgan fingerprint density at radius 2 is 1.61 bits per heavy atom. The van der Waals surface area contributed by atoms with Gasteiger partial charge in [-0.2, -0.15) is 0 Å². The Labute approximate surface area is 136 Å². The van der Waals surface area contributed by atoms with Crippen LogP contribution in [0.15, 0.2) is 54.6 Å². The highest BCUT2D eigenvalue weighted by atomic mass is 35.5. The van der Waals surface area contributed by atoms with Crippen molar-refractivity contribution in [1.82, 2.24) is 4.99 Å². The smallest absolute Gasteiger partial charge is 0.573 e. The number of nitrogens with zero attached hydrogens (tertiary/aromatic N) is 1. The molecule has 0 aliphatic carbocycles. The lowest BCUT2D eigenvalue weighted by Crippen LogP contribution is -3.00. The number of hydrogen-bond donors (Lipinski definition) is 1. The van der Waals surface area contributed by atoms with Crippen molar-refractivity contribution in [1.29, 1.82) is 0 Å². The molecule has 0 amide bonds. The van der Waals surface area contributed by atoms with Gasteiger partial charge in [0.2, 0.25) is 0 Å². The Morgan fingerprint density at radius 1 is 0.913 bits per heavy atom. The van der Waals surface area contributed by atoms with Gasteiger partial charge in [-0.05, 0) is 41.4 Å². The minimum atomic E-state index is -4.69. The van der Waals surface area contributed by atoms with Gasteiger partial charge in [-0.1, -0.05) is 18.2 Å². The number of amidine groups is 1. The fourth-order valence-electron chi connectivity index (χ4n) is 2.02. The molecule has 0 saturated carbocycles. The minimum Gasteiger partial charge on any atom is -1.00 e. The van der Waals surface area contributed by atoms with Crippen molar-refractivity contribution in [2.75, 3.05) is 5.32 Å². The third-order valence-corrected chi connectivity index (χ3v) is 2.96. The SMILES string of the molecule is FC(F)(F)Oc1ccc(NC2=[N+]c3ccccc3C=C2)cc1.[Cl-]. The molecule has 1 aliphatic heterocycles. The van der Waals surface area contributed by atoms with E-state index in [1.54, 1.807) is 0 Å². The monoisotopic (exact) mass is 339 g/mol. The van der Waals surface area contributed by atoms with Crippen molar-refractivity contribution < 1.29 is 30.3 Å². The molecule has 3 nitrogen and oxygen atoms in total. The third-order valence-electron chi connectivity index (χ3n) is 2.96. The van der Waals surface area contributed by atoms with Crippen LogP contribution in [0.5, 0.6) is 5.75 Å². The molecule has 0 fully saturated rings. The number of benzene rings is 2. The van der Waals surface area contributed by atoms with E-state index in [0.29, 0.717) is 11.5 Å². The van der Waals surface area contributed by atoms with Crippen LogP contribution in [0.1, 0.15) is 5.56 Å². The lowest BCUT2D eigenvalue weighted by Gasteiger charge is -2.08. The number of hydrogen-bond acceptors (Lipinski definition) is 3. The summed E-state index contributed by atoms with van der Waals surface area (Å²) in [4.78, 5) is 4.43. The Hall–Kier alpha value is -2.47. The van der Waals surface area contributed by atoms with Crippen molar-refractivity contribution in [2.24, 2.45) is 0 Å². The van der Waals surface area contributed by atoms with Gasteiger partial charge >= 0.3 is 12.2 Å². The maximum Gasteiger partial charge on any atom is 0.573 e. The van der Waals surface area contributed by atoms with Crippen LogP contribution in [0, 0.1) is 0 Å². The quantitative estimate of drug-likeness (QED) is 0.889. The molecule has 23 heavy (non-hydrogen) atoms. The van der Waals surface area contributed by atoms with Crippen LogP contribution in [0.2, 0.25) is 0 Å². The van der Waals surface area contributed by atoms with E-state index in [4.69, 9.17) is 0 Å². The van der Waals surface area contributed by atoms with E-state index in [1.165, 1.54) is 24.3 Å². The summed E-state index contributed by atoms with van der Waals surface area (Å²) in [6, 6.07) is 13.2. The number of aliphatic imine (C=N–C) groups is 1. The largest absolute Gasteiger partial charge is 1.00 e. The van der Waals surface area contributed by atoms with E-state index in [-0.39, 0.29) is 18.2 Å². The molecule has 119 valence electrons. The lowest BCUT2D eigenvalue weighted by atomic mass is 10.1. The lowest BCUT2D eigenvalue weighted by molar-refractivity contribution is -0.274. The summed E-state index contributed by atoms with van der Waals surface area (Å²) in [5.41, 5.74) is 2.48. The highest BCUT2D eigenvalue weighted by molar-refractivity contribution is 6.08. The minimum absolute atomic E-state index is 0. The van der Waals surface area contributed by atoms with E-state index in [2.05, 4.69) is 15.0 Å². The summed E-state index contributed by atoms with van der Waals surface area (Å²) >= 11 is 0. The molecule has 0 atom stereocenters. The molecule has 0 spiro atoms. The Bertz CT molecular complexity index is 740. The molecule has 2 aromatic rings. The van der Waals surface area contributed by atoms with Gasteiger partial charge in [0.25, 0.3) is 0 Å². The van der Waals surface area contributed by atoms with Crippen molar-refractivity contribution in [3.05, 3.63) is 60.2 Å². The normalized spacial score (nSPS) is 12.7. The molecule has 1 heterocycles. The first kappa shape index (κ1) is 16.9. The molecule has 1 aliphatic rings. The molecular weight excluding hydrogens is 329 g/mol. The summed E-state index contributed by atoms with van der Waals surface area (Å²) in [5, 5.41) is 3.04. The second kappa shape index (κ2) is 6.75. The van der Waals surface area contributed by atoms with Crippen molar-refractivity contribution >= 4 is 23.3 Å². The number of anilines is 1. The van der Waals surface area contributed by atoms with Crippen molar-refractivity contribution in [3.63, 3.8) is 0 Å². The van der Waals surface area contributed by atoms with E-state index in [0.717, 1.165) is 11.3 Å². The second-order valence-electron chi connectivity index (χ2n) is 4.59. The number of halogens is 4. The number of nitrogens with one attached hydrogen (secondary N) is 1. The molecule has 0 aromatic heterocycles. The fourth-order valence-corrected chi connectivity index (χ4v) is 2.02. The molecule has 2 aromatic carbocycles. The number of ether oxygens (including phenoxy) is 1. The Morgan fingerprint density at radius 3 is 2.30 bits per heavy atom. The number of alkyl halides is 3. The first-order valence-electron chi connectivity index (χ1n) is 6.48. The van der Waals surface area contributed by atoms with Crippen LogP contribution in [-0.2, 0) is 0 Å². The Balaban J connectivity index is 0.00000192. The van der Waals surface area contributed by atoms with Crippen LogP contribution < -0.4 is 27.5 Å². The third kappa shape index (κ3) is 4.50. The predicted octanol–water partition coefficient (Wildman–Crippen LogP) is 1.09. The maximum atomic E-state index is 12.1. The van der Waals surface area contributed by atoms with Gasteiger partial charge in [-0.25, -0.2) is 5.32 Å². The van der Waals surface area contributed by atoms with Gasteiger partial charge in [-0.3, -0.25) is 0 Å². The average Bonchev–Trinajstić information content (AvgIpc) is 2.48.